The van der Waals surface area contributed by atoms with Crippen LogP contribution >= 0.6 is 0 Å². The molecule has 0 saturated carbocycles. The van der Waals surface area contributed by atoms with Crippen LogP contribution in [0.15, 0.2) is 0 Å². The Kier molecular flexibility index (Phi) is 40.8. The highest BCUT2D eigenvalue weighted by atomic mass is 28.5. The predicted molar refractivity (Wildman–Crippen MR) is 340 cm³/mol. The van der Waals surface area contributed by atoms with Crippen molar-refractivity contribution in [3.05, 3.63) is 0 Å². The molecular formula is C51H124O16Si10. The summed E-state index contributed by atoms with van der Waals surface area (Å²) in [4.78, 5) is 10.1. The highest BCUT2D eigenvalue weighted by Crippen LogP contribution is 2.37. The second kappa shape index (κ2) is 40.0. The second-order valence-electron chi connectivity index (χ2n) is 24.6. The predicted octanol–water partition coefficient (Wildman–Crippen LogP) is 15.4. The maximum atomic E-state index is 7.69. The molecule has 0 rings (SSSR count). The van der Waals surface area contributed by atoms with Crippen molar-refractivity contribution in [1.82, 2.24) is 0 Å². The lowest BCUT2D eigenvalue weighted by atomic mass is 10.1. The van der Waals surface area contributed by atoms with Crippen molar-refractivity contribution >= 4 is 85.4 Å². The van der Waals surface area contributed by atoms with E-state index in [9.17, 15) is 0 Å². The Balaban J connectivity index is 5.96. The number of unbranched alkanes of at least 4 members (excludes halogenated alkanes) is 13. The van der Waals surface area contributed by atoms with Crippen molar-refractivity contribution in [2.24, 2.45) is 0 Å². The van der Waals surface area contributed by atoms with Crippen LogP contribution in [0.3, 0.4) is 0 Å². The molecule has 0 radical (unpaired) electrons. The molecular weight excluding hydrogens is 1150 g/mol. The molecule has 0 aromatic carbocycles. The van der Waals surface area contributed by atoms with Gasteiger partial charge in [-0.1, -0.05) is 83.5 Å². The first-order valence-electron chi connectivity index (χ1n) is 29.7. The smallest absolute Gasteiger partial charge is 0.437 e. The quantitative estimate of drug-likeness (QED) is 0.0246. The van der Waals surface area contributed by atoms with Crippen molar-refractivity contribution in [1.29, 1.82) is 0 Å². The summed E-state index contributed by atoms with van der Waals surface area (Å²) < 4.78 is 89.5. The van der Waals surface area contributed by atoms with Crippen LogP contribution in [0.4, 0.5) is 0 Å². The molecule has 464 valence electrons. The van der Waals surface area contributed by atoms with E-state index in [1.807, 2.05) is 6.92 Å². The lowest BCUT2D eigenvalue weighted by Crippen LogP contribution is -2.62. The van der Waals surface area contributed by atoms with Gasteiger partial charge < -0.3 is 60.4 Å². The highest BCUT2D eigenvalue weighted by Gasteiger charge is 2.53. The molecule has 0 aliphatic carbocycles. The van der Waals surface area contributed by atoms with Gasteiger partial charge in [-0.25, -0.2) is 9.78 Å². The summed E-state index contributed by atoms with van der Waals surface area (Å²) in [5.41, 5.74) is 0. The summed E-state index contributed by atoms with van der Waals surface area (Å²) in [6.45, 7) is 31.4. The average Bonchev–Trinajstić information content (AvgIpc) is 3.34. The first-order valence-corrected chi connectivity index (χ1v) is 55.8. The minimum absolute atomic E-state index is 0.615. The van der Waals surface area contributed by atoms with Gasteiger partial charge in [0, 0.05) is 88.2 Å². The molecule has 0 fully saturated rings. The van der Waals surface area contributed by atoms with E-state index in [0.717, 1.165) is 93.3 Å². The largest absolute Gasteiger partial charge is 0.500 e. The summed E-state index contributed by atoms with van der Waals surface area (Å²) in [5.74, 6) is 0. The molecule has 0 aromatic heterocycles. The molecule has 0 aromatic rings. The van der Waals surface area contributed by atoms with Gasteiger partial charge in [0.25, 0.3) is 0 Å². The van der Waals surface area contributed by atoms with Crippen LogP contribution < -0.4 is 0 Å². The van der Waals surface area contributed by atoms with E-state index < -0.39 is 85.4 Å². The van der Waals surface area contributed by atoms with E-state index in [1.54, 1.807) is 64.0 Å². The van der Waals surface area contributed by atoms with Crippen molar-refractivity contribution in [3.8, 4) is 0 Å². The zero-order valence-corrected chi connectivity index (χ0v) is 64.0. The van der Waals surface area contributed by atoms with E-state index in [2.05, 4.69) is 78.6 Å². The number of hydrogen-bond acceptors (Lipinski definition) is 16. The lowest BCUT2D eigenvalue weighted by Gasteiger charge is -2.45. The Labute approximate surface area is 485 Å². The third-order valence-corrected chi connectivity index (χ3v) is 50.6. The first-order chi connectivity index (χ1) is 36.0. The van der Waals surface area contributed by atoms with E-state index in [4.69, 9.17) is 70.2 Å². The van der Waals surface area contributed by atoms with E-state index in [-0.39, 0.29) is 0 Å². The van der Waals surface area contributed by atoms with Gasteiger partial charge in [-0.2, -0.15) is 0 Å². The van der Waals surface area contributed by atoms with Crippen molar-refractivity contribution < 1.29 is 70.2 Å². The van der Waals surface area contributed by atoms with Crippen molar-refractivity contribution in [2.75, 3.05) is 77.2 Å². The molecule has 26 heteroatoms. The summed E-state index contributed by atoms with van der Waals surface area (Å²) in [5, 5.41) is 0. The van der Waals surface area contributed by atoms with Gasteiger partial charge in [-0.15, -0.1) is 0 Å². The molecule has 0 N–H and O–H groups in total. The van der Waals surface area contributed by atoms with Crippen LogP contribution in [-0.4, -0.2) is 163 Å². The maximum absolute atomic E-state index is 7.69. The molecule has 0 unspecified atom stereocenters. The van der Waals surface area contributed by atoms with Crippen LogP contribution in [-0.2, 0) is 70.2 Å². The van der Waals surface area contributed by atoms with E-state index in [0.29, 0.717) is 13.2 Å². The standard InChI is InChI=1S/C51H124O16Si10/c1-23-61-62-42-35-31-27-25-24-26-28-32-36-43-68(11,12)63-73(21,22)64-69(13,14)44-37-33-29-30-34-38-48-77(65-70(15,16)45-39-49-74(52-2,53-3)54-4,66-71(17,18)46-40-50-75(55-5,56-6)57-7)67-72(19,20)47-41-51-76(58-8,59-9)60-10/h23-51H2,1-22H3. The maximum Gasteiger partial charge on any atom is 0.500 e. The molecule has 0 aliphatic rings. The molecule has 16 nitrogen and oxygen atoms in total. The van der Waals surface area contributed by atoms with Crippen molar-refractivity contribution in [3.63, 3.8) is 0 Å². The van der Waals surface area contributed by atoms with Gasteiger partial charge in [0.05, 0.1) is 13.2 Å². The van der Waals surface area contributed by atoms with Gasteiger partial charge in [0.2, 0.25) is 0 Å². The monoisotopic (exact) mass is 1270 g/mol. The molecule has 0 aliphatic heterocycles. The fraction of sp³-hybridized carbons (Fsp3) is 1.00. The highest BCUT2D eigenvalue weighted by molar-refractivity contribution is 6.91. The minimum atomic E-state index is -3.31. The molecule has 77 heavy (non-hydrogen) atoms. The lowest BCUT2D eigenvalue weighted by molar-refractivity contribution is -0.291. The van der Waals surface area contributed by atoms with Gasteiger partial charge in [-0.3, -0.25) is 0 Å². The third-order valence-electron chi connectivity index (χ3n) is 14.6. The second-order valence-corrected chi connectivity index (χ2v) is 62.7. The van der Waals surface area contributed by atoms with Gasteiger partial charge in [-0.05, 0) is 148 Å². The van der Waals surface area contributed by atoms with Gasteiger partial charge in [0.1, 0.15) is 0 Å². The molecule has 0 heterocycles. The van der Waals surface area contributed by atoms with Crippen LogP contribution in [0.1, 0.15) is 122 Å². The number of rotatable bonds is 54. The minimum Gasteiger partial charge on any atom is -0.437 e. The van der Waals surface area contributed by atoms with Crippen LogP contribution in [0.5, 0.6) is 0 Å². The molecule has 0 bridgehead atoms. The Hall–Kier alpha value is 1.53. The molecule has 0 amide bonds. The summed E-state index contributed by atoms with van der Waals surface area (Å²) in [6.07, 6.45) is 20.9. The van der Waals surface area contributed by atoms with Crippen LogP contribution in [0.2, 0.25) is 133 Å². The molecule has 0 saturated heterocycles. The fourth-order valence-corrected chi connectivity index (χ4v) is 49.0. The normalized spacial score (nSPS) is 14.1. The van der Waals surface area contributed by atoms with Crippen LogP contribution in [0, 0.1) is 0 Å². The Morgan fingerprint density at radius 3 is 0.714 bits per heavy atom. The third kappa shape index (κ3) is 35.6. The van der Waals surface area contributed by atoms with Gasteiger partial charge >= 0.3 is 43.8 Å². The van der Waals surface area contributed by atoms with E-state index in [1.165, 1.54) is 76.7 Å². The van der Waals surface area contributed by atoms with Crippen LogP contribution in [0.25, 0.3) is 0 Å². The first kappa shape index (κ1) is 78.5. The molecule has 0 atom stereocenters. The Bertz CT molecular complexity index is 1340. The zero-order valence-electron chi connectivity index (χ0n) is 54.0. The summed E-state index contributed by atoms with van der Waals surface area (Å²) >= 11 is 0. The van der Waals surface area contributed by atoms with E-state index >= 15 is 0 Å². The summed E-state index contributed by atoms with van der Waals surface area (Å²) in [7, 11) is -9.59. The summed E-state index contributed by atoms with van der Waals surface area (Å²) in [6, 6.07) is 8.03. The average molecular weight is 1270 g/mol. The number of hydrogen-bond donors (Lipinski definition) is 0. The Morgan fingerprint density at radius 2 is 0.442 bits per heavy atom. The molecule has 0 spiro atoms. The van der Waals surface area contributed by atoms with Crippen molar-refractivity contribution in [2.45, 2.75) is 255 Å². The SMILES string of the molecule is CCOOCCCCCCCCCCC[Si](C)(C)O[Si](C)(C)O[Si](C)(C)CCCCCCCC[Si](O[Si](C)(C)CCC[Si](OC)(OC)OC)(O[Si](C)(C)CCC[Si](OC)(OC)OC)O[Si](C)(C)CCC[Si](OC)(OC)OC. The topological polar surface area (TPSA) is 148 Å². The Morgan fingerprint density at radius 1 is 0.221 bits per heavy atom. The van der Waals surface area contributed by atoms with Gasteiger partial charge in [0.15, 0.2) is 41.6 Å². The zero-order chi connectivity index (χ0) is 58.8. The fourth-order valence-electron chi connectivity index (χ4n) is 10.6.